The normalized spacial score (nSPS) is 13.5. The van der Waals surface area contributed by atoms with E-state index >= 15 is 0 Å². The average Bonchev–Trinajstić information content (AvgIpc) is 3.03. The largest absolute Gasteiger partial charge is 0.497 e. The molecule has 0 saturated carbocycles. The molecule has 264 valence electrons. The van der Waals surface area contributed by atoms with Crippen molar-refractivity contribution in [1.29, 1.82) is 0 Å². The highest BCUT2D eigenvalue weighted by Crippen LogP contribution is 2.27. The summed E-state index contributed by atoms with van der Waals surface area (Å²) in [5.41, 5.74) is 0.790. The van der Waals surface area contributed by atoms with Crippen LogP contribution in [0.4, 0.5) is 22.0 Å². The third-order valence-electron chi connectivity index (χ3n) is 6.96. The van der Waals surface area contributed by atoms with E-state index in [1.165, 1.54) is 63.4 Å². The molecule has 1 unspecified atom stereocenters. The van der Waals surface area contributed by atoms with Gasteiger partial charge in [-0.05, 0) is 47.4 Å². The minimum Gasteiger partial charge on any atom is -0.497 e. The van der Waals surface area contributed by atoms with Crippen LogP contribution in [0.25, 0.3) is 0 Å². The number of carbonyl (C=O) groups excluding carboxylic acids is 4. The Kier molecular flexibility index (Phi) is 13.4. The zero-order valence-electron chi connectivity index (χ0n) is 26.2. The van der Waals surface area contributed by atoms with Gasteiger partial charge in [-0.3, -0.25) is 19.2 Å². The lowest BCUT2D eigenvalue weighted by molar-refractivity contribution is -0.165. The predicted octanol–water partition coefficient (Wildman–Crippen LogP) is 5.87. The van der Waals surface area contributed by atoms with E-state index in [-0.39, 0.29) is 27.8 Å². The van der Waals surface area contributed by atoms with Gasteiger partial charge in [-0.25, -0.2) is 0 Å². The van der Waals surface area contributed by atoms with Gasteiger partial charge in [0.05, 0.1) is 13.2 Å². The maximum atomic E-state index is 14.8. The molecular weight excluding hydrogens is 700 g/mol. The molecule has 3 atom stereocenters. The Labute approximate surface area is 288 Å². The Morgan fingerprint density at radius 1 is 0.796 bits per heavy atom. The van der Waals surface area contributed by atoms with E-state index in [1.54, 1.807) is 30.3 Å². The van der Waals surface area contributed by atoms with Gasteiger partial charge in [0, 0.05) is 16.5 Å². The van der Waals surface area contributed by atoms with Gasteiger partial charge in [0.15, 0.2) is 6.10 Å². The van der Waals surface area contributed by atoms with Crippen LogP contribution in [0.3, 0.4) is 0 Å². The summed E-state index contributed by atoms with van der Waals surface area (Å²) in [5, 5.41) is 6.09. The third-order valence-corrected chi connectivity index (χ3v) is 7.40. The number of ether oxygens (including phenoxy) is 2. The van der Waals surface area contributed by atoms with Gasteiger partial charge in [0.25, 0.3) is 11.8 Å². The van der Waals surface area contributed by atoms with Crippen molar-refractivity contribution in [2.24, 2.45) is 5.92 Å². The lowest BCUT2D eigenvalue weighted by Gasteiger charge is -2.28. The summed E-state index contributed by atoms with van der Waals surface area (Å²) in [6.45, 7) is 0.438. The molecule has 16 heteroatoms. The number of nitrogens with one attached hydrogen (secondary N) is 3. The first-order chi connectivity index (χ1) is 22.9. The smallest absolute Gasteiger partial charge is 0.405 e. The Balaban J connectivity index is 1.95. The molecule has 0 heterocycles. The molecule has 0 aliphatic rings. The molecule has 0 fully saturated rings. The highest BCUT2D eigenvalue weighted by Gasteiger charge is 2.52. The summed E-state index contributed by atoms with van der Waals surface area (Å²) >= 11 is 12.2. The van der Waals surface area contributed by atoms with Gasteiger partial charge in [-0.2, -0.15) is 22.0 Å². The van der Waals surface area contributed by atoms with E-state index in [2.05, 4.69) is 10.6 Å². The Bertz CT molecular complexity index is 1600. The van der Waals surface area contributed by atoms with Gasteiger partial charge in [0.2, 0.25) is 11.7 Å². The number of rotatable bonds is 15. The maximum Gasteiger partial charge on any atom is 0.405 e. The van der Waals surface area contributed by atoms with E-state index in [9.17, 15) is 41.1 Å². The summed E-state index contributed by atoms with van der Waals surface area (Å²) in [6.07, 6.45) is -6.35. The molecule has 0 aromatic heterocycles. The van der Waals surface area contributed by atoms with E-state index in [1.807, 2.05) is 0 Å². The number of Topliss-reactive ketones (excluding diaryl/α,β-unsaturated/α-hetero) is 1. The topological polar surface area (TPSA) is 123 Å². The number of hydrogen-bond donors (Lipinski definition) is 3. The molecular formula is C33H32Cl2F5N3O6. The van der Waals surface area contributed by atoms with Gasteiger partial charge in [-0.15, -0.1) is 0 Å². The standard InChI is InChI=1S/C33H32Cl2F5N3O6/c1-18(2)26(28(44)33(39,40)31(47)41-17-32(36,37)38)42-30(46)27(20-9-11-23(48-3)12-10-20)43-29(45)25(13-19-7-5-4-6-8-19)49-24-15-21(34)14-22(35)16-24/h4-12,14-16,18,25-27H,13,17H2,1-3H3,(H,41,47)(H,42,46)(H,43,45)/t25?,26-,27-/m0/s1. The van der Waals surface area contributed by atoms with Gasteiger partial charge < -0.3 is 25.4 Å². The van der Waals surface area contributed by atoms with Crippen LogP contribution in [0.15, 0.2) is 72.8 Å². The highest BCUT2D eigenvalue weighted by molar-refractivity contribution is 6.34. The fourth-order valence-electron chi connectivity index (χ4n) is 4.48. The quantitative estimate of drug-likeness (QED) is 0.133. The minimum absolute atomic E-state index is 0.0138. The van der Waals surface area contributed by atoms with Crippen molar-refractivity contribution >= 4 is 46.7 Å². The fraction of sp³-hybridized carbons (Fsp3) is 0.333. The molecule has 0 radical (unpaired) electrons. The van der Waals surface area contributed by atoms with Crippen LogP contribution in [0.2, 0.25) is 10.0 Å². The van der Waals surface area contributed by atoms with Crippen molar-refractivity contribution in [2.45, 2.75) is 50.6 Å². The number of amides is 3. The van der Waals surface area contributed by atoms with Crippen LogP contribution >= 0.6 is 23.2 Å². The molecule has 3 aromatic carbocycles. The van der Waals surface area contributed by atoms with Crippen molar-refractivity contribution < 1.29 is 50.6 Å². The predicted molar refractivity (Wildman–Crippen MR) is 171 cm³/mol. The summed E-state index contributed by atoms with van der Waals surface area (Å²) in [4.78, 5) is 52.4. The second kappa shape index (κ2) is 16.8. The van der Waals surface area contributed by atoms with Gasteiger partial charge in [-0.1, -0.05) is 79.5 Å². The van der Waals surface area contributed by atoms with Gasteiger partial charge >= 0.3 is 12.1 Å². The zero-order valence-corrected chi connectivity index (χ0v) is 27.8. The first kappa shape index (κ1) is 39.0. The molecule has 9 nitrogen and oxygen atoms in total. The van der Waals surface area contributed by atoms with Crippen LogP contribution in [0.5, 0.6) is 11.5 Å². The average molecular weight is 733 g/mol. The summed E-state index contributed by atoms with van der Waals surface area (Å²) in [7, 11) is 1.39. The van der Waals surface area contributed by atoms with E-state index in [4.69, 9.17) is 32.7 Å². The second-order valence-corrected chi connectivity index (χ2v) is 12.0. The number of benzene rings is 3. The fourth-order valence-corrected chi connectivity index (χ4v) is 4.98. The molecule has 3 amide bonds. The van der Waals surface area contributed by atoms with Crippen LogP contribution in [-0.2, 0) is 25.6 Å². The molecule has 0 aliphatic carbocycles. The molecule has 3 N–H and O–H groups in total. The number of methoxy groups -OCH3 is 1. The number of alkyl halides is 5. The molecule has 3 aromatic rings. The molecule has 0 saturated heterocycles. The van der Waals surface area contributed by atoms with E-state index < -0.39 is 66.3 Å². The SMILES string of the molecule is COc1ccc([C@H](NC(=O)C(Cc2ccccc2)Oc2cc(Cl)cc(Cl)c2)C(=O)N[C@H](C(=O)C(F)(F)C(=O)NCC(F)(F)F)C(C)C)cc1. The lowest BCUT2D eigenvalue weighted by Crippen LogP contribution is -2.58. The molecule has 3 rings (SSSR count). The second-order valence-electron chi connectivity index (χ2n) is 11.1. The number of ketones is 1. The summed E-state index contributed by atoms with van der Waals surface area (Å²) in [5.74, 6) is -12.2. The number of hydrogen-bond acceptors (Lipinski definition) is 6. The van der Waals surface area contributed by atoms with Crippen LogP contribution in [0, 0.1) is 5.92 Å². The summed E-state index contributed by atoms with van der Waals surface area (Å²) < 4.78 is 78.4. The molecule has 0 aliphatic heterocycles. The first-order valence-electron chi connectivity index (χ1n) is 14.6. The van der Waals surface area contributed by atoms with Crippen molar-refractivity contribution in [2.75, 3.05) is 13.7 Å². The molecule has 49 heavy (non-hydrogen) atoms. The van der Waals surface area contributed by atoms with Gasteiger partial charge in [0.1, 0.15) is 24.1 Å². The van der Waals surface area contributed by atoms with Crippen molar-refractivity contribution in [3.8, 4) is 11.5 Å². The lowest BCUT2D eigenvalue weighted by atomic mass is 9.94. The number of halogens is 7. The Morgan fingerprint density at radius 3 is 1.92 bits per heavy atom. The van der Waals surface area contributed by atoms with E-state index in [0.717, 1.165) is 5.32 Å². The van der Waals surface area contributed by atoms with E-state index in [0.29, 0.717) is 11.3 Å². The Morgan fingerprint density at radius 2 is 1.39 bits per heavy atom. The van der Waals surface area contributed by atoms with Crippen LogP contribution in [0.1, 0.15) is 31.0 Å². The molecule has 0 spiro atoms. The monoisotopic (exact) mass is 731 g/mol. The highest BCUT2D eigenvalue weighted by atomic mass is 35.5. The van der Waals surface area contributed by atoms with Crippen LogP contribution in [-0.4, -0.2) is 61.4 Å². The summed E-state index contributed by atoms with van der Waals surface area (Å²) in [6, 6.07) is 15.0. The zero-order chi connectivity index (χ0) is 36.5. The number of carbonyl (C=O) groups is 4. The van der Waals surface area contributed by atoms with Crippen molar-refractivity contribution in [3.63, 3.8) is 0 Å². The first-order valence-corrected chi connectivity index (χ1v) is 15.4. The van der Waals surface area contributed by atoms with Crippen molar-refractivity contribution in [1.82, 2.24) is 16.0 Å². The Hall–Kier alpha value is -4.43. The third kappa shape index (κ3) is 11.3. The maximum absolute atomic E-state index is 14.8. The van der Waals surface area contributed by atoms with Crippen LogP contribution < -0.4 is 25.4 Å². The molecule has 0 bridgehead atoms. The van der Waals surface area contributed by atoms with Crippen molar-refractivity contribution in [3.05, 3.63) is 94.0 Å². The minimum atomic E-state index is -5.02.